The molecule has 1 aromatic carbocycles. The van der Waals surface area contributed by atoms with Crippen molar-refractivity contribution < 1.29 is 9.47 Å². The lowest BCUT2D eigenvalue weighted by Gasteiger charge is -2.35. The second-order valence-electron chi connectivity index (χ2n) is 8.70. The predicted octanol–water partition coefficient (Wildman–Crippen LogP) is 4.62. The number of hydrogen-bond donors (Lipinski definition) is 1. The highest BCUT2D eigenvalue weighted by molar-refractivity contribution is 14.0. The zero-order chi connectivity index (χ0) is 20.1. The lowest BCUT2D eigenvalue weighted by molar-refractivity contribution is -0.0721. The maximum absolute atomic E-state index is 6.15. The molecule has 30 heavy (non-hydrogen) atoms. The van der Waals surface area contributed by atoms with E-state index in [1.807, 2.05) is 19.2 Å². The first-order chi connectivity index (χ1) is 14.2. The Bertz CT molecular complexity index is 682. The number of ether oxygens (including phenoxy) is 2. The van der Waals surface area contributed by atoms with Crippen LogP contribution in [0.1, 0.15) is 50.5 Å². The molecule has 1 N–H and O–H groups in total. The van der Waals surface area contributed by atoms with Crippen molar-refractivity contribution in [1.82, 2.24) is 10.2 Å². The molecule has 0 radical (unpaired) electrons. The summed E-state index contributed by atoms with van der Waals surface area (Å²) >= 11 is 6.05. The molecule has 1 aromatic rings. The summed E-state index contributed by atoms with van der Waals surface area (Å²) in [6, 6.07) is 8.32. The average Bonchev–Trinajstić information content (AvgIpc) is 3.56. The highest BCUT2D eigenvalue weighted by atomic mass is 127. The topological polar surface area (TPSA) is 46.1 Å². The summed E-state index contributed by atoms with van der Waals surface area (Å²) < 4.78 is 11.9. The third kappa shape index (κ3) is 6.24. The van der Waals surface area contributed by atoms with E-state index >= 15 is 0 Å². The summed E-state index contributed by atoms with van der Waals surface area (Å²) in [6.45, 7) is 4.55. The predicted molar refractivity (Wildman–Crippen MR) is 133 cm³/mol. The molecule has 1 saturated carbocycles. The summed E-state index contributed by atoms with van der Waals surface area (Å²) in [5.74, 6) is 1.01. The van der Waals surface area contributed by atoms with E-state index in [2.05, 4.69) is 27.3 Å². The molecule has 4 rings (SSSR count). The fraction of sp³-hybridized carbons (Fsp3) is 0.696. The Kier molecular flexibility index (Phi) is 9.10. The van der Waals surface area contributed by atoms with Crippen molar-refractivity contribution in [3.05, 3.63) is 34.9 Å². The highest BCUT2D eigenvalue weighted by Crippen LogP contribution is 2.47. The monoisotopic (exact) mass is 547 g/mol. The first kappa shape index (κ1) is 24.1. The smallest absolute Gasteiger partial charge is 0.193 e. The third-order valence-corrected chi connectivity index (χ3v) is 6.89. The minimum absolute atomic E-state index is 0. The molecule has 1 unspecified atom stereocenters. The number of nitrogens with one attached hydrogen (secondary N) is 1. The standard InChI is InChI=1S/C23H34ClN3O2.HI/c1-25-22(26-17-23(11-12-23)18-5-7-19(24)8-6-18)27-13-9-20(10-14-27)29-16-21-4-2-3-15-28-21;/h5-8,20-21H,2-4,9-17H2,1H3,(H,25,26);1H. The van der Waals surface area contributed by atoms with Crippen LogP contribution in [0, 0.1) is 0 Å². The first-order valence-electron chi connectivity index (χ1n) is 11.1. The van der Waals surface area contributed by atoms with Crippen molar-refractivity contribution in [3.8, 4) is 0 Å². The van der Waals surface area contributed by atoms with E-state index < -0.39 is 0 Å². The van der Waals surface area contributed by atoms with E-state index in [0.29, 0.717) is 12.2 Å². The first-order valence-corrected chi connectivity index (χ1v) is 11.5. The quantitative estimate of drug-likeness (QED) is 0.321. The number of likely N-dealkylation sites (tertiary alicyclic amines) is 1. The Hall–Kier alpha value is -0.570. The van der Waals surface area contributed by atoms with Gasteiger partial charge in [0.2, 0.25) is 0 Å². The fourth-order valence-electron chi connectivity index (χ4n) is 4.52. The Morgan fingerprint density at radius 2 is 1.93 bits per heavy atom. The van der Waals surface area contributed by atoms with Gasteiger partial charge in [-0.25, -0.2) is 0 Å². The molecule has 0 amide bonds. The fourth-order valence-corrected chi connectivity index (χ4v) is 4.64. The van der Waals surface area contributed by atoms with Crippen LogP contribution in [0.4, 0.5) is 0 Å². The molecule has 1 atom stereocenters. The summed E-state index contributed by atoms with van der Waals surface area (Å²) in [4.78, 5) is 6.91. The summed E-state index contributed by atoms with van der Waals surface area (Å²) in [6.07, 6.45) is 8.80. The summed E-state index contributed by atoms with van der Waals surface area (Å²) in [7, 11) is 1.88. The van der Waals surface area contributed by atoms with Gasteiger partial charge in [0.25, 0.3) is 0 Å². The van der Waals surface area contributed by atoms with Crippen molar-refractivity contribution in [3.63, 3.8) is 0 Å². The average molecular weight is 548 g/mol. The van der Waals surface area contributed by atoms with Crippen molar-refractivity contribution in [2.45, 2.75) is 62.6 Å². The van der Waals surface area contributed by atoms with Crippen LogP contribution in [0.15, 0.2) is 29.3 Å². The van der Waals surface area contributed by atoms with E-state index in [-0.39, 0.29) is 29.4 Å². The third-order valence-electron chi connectivity index (χ3n) is 6.64. The van der Waals surface area contributed by atoms with Crippen molar-refractivity contribution >= 4 is 41.5 Å². The molecule has 3 fully saturated rings. The molecular formula is C23H35ClIN3O2. The molecule has 0 bridgehead atoms. The van der Waals surface area contributed by atoms with Crippen LogP contribution in [0.25, 0.3) is 0 Å². The minimum Gasteiger partial charge on any atom is -0.376 e. The number of halogens is 2. The van der Waals surface area contributed by atoms with Crippen molar-refractivity contribution in [2.75, 3.05) is 39.9 Å². The number of hydrogen-bond acceptors (Lipinski definition) is 3. The van der Waals surface area contributed by atoms with Gasteiger partial charge in [-0.3, -0.25) is 4.99 Å². The maximum Gasteiger partial charge on any atom is 0.193 e. The highest BCUT2D eigenvalue weighted by Gasteiger charge is 2.44. The van der Waals surface area contributed by atoms with Crippen LogP contribution in [0.5, 0.6) is 0 Å². The molecule has 1 aliphatic carbocycles. The zero-order valence-corrected chi connectivity index (χ0v) is 21.0. The van der Waals surface area contributed by atoms with Gasteiger partial charge in [-0.2, -0.15) is 0 Å². The molecule has 0 spiro atoms. The molecule has 2 aliphatic heterocycles. The second kappa shape index (κ2) is 11.3. The molecule has 5 nitrogen and oxygen atoms in total. The number of guanidine groups is 1. The van der Waals surface area contributed by atoms with Crippen molar-refractivity contribution in [1.29, 1.82) is 0 Å². The summed E-state index contributed by atoms with van der Waals surface area (Å²) in [5, 5.41) is 4.44. The van der Waals surface area contributed by atoms with E-state index in [0.717, 1.165) is 63.1 Å². The van der Waals surface area contributed by atoms with Gasteiger partial charge in [0, 0.05) is 43.7 Å². The normalized spacial score (nSPS) is 24.3. The van der Waals surface area contributed by atoms with Crippen LogP contribution in [-0.4, -0.2) is 63.0 Å². The van der Waals surface area contributed by atoms with Gasteiger partial charge in [-0.1, -0.05) is 23.7 Å². The lowest BCUT2D eigenvalue weighted by atomic mass is 9.96. The zero-order valence-electron chi connectivity index (χ0n) is 17.9. The molecule has 3 aliphatic rings. The molecule has 0 aromatic heterocycles. The van der Waals surface area contributed by atoms with Crippen molar-refractivity contribution in [2.24, 2.45) is 4.99 Å². The van der Waals surface area contributed by atoms with E-state index in [9.17, 15) is 0 Å². The van der Waals surface area contributed by atoms with Crippen LogP contribution in [0.3, 0.4) is 0 Å². The Balaban J connectivity index is 0.00000256. The molecule has 7 heteroatoms. The van der Waals surface area contributed by atoms with E-state index in [1.165, 1.54) is 31.2 Å². The number of piperidine rings is 1. The van der Waals surface area contributed by atoms with Crippen LogP contribution in [-0.2, 0) is 14.9 Å². The second-order valence-corrected chi connectivity index (χ2v) is 9.13. The van der Waals surface area contributed by atoms with Crippen LogP contribution < -0.4 is 5.32 Å². The van der Waals surface area contributed by atoms with E-state index in [4.69, 9.17) is 21.1 Å². The van der Waals surface area contributed by atoms with Gasteiger partial charge in [0.15, 0.2) is 5.96 Å². The maximum atomic E-state index is 6.15. The largest absolute Gasteiger partial charge is 0.376 e. The van der Waals surface area contributed by atoms with Gasteiger partial charge in [0.1, 0.15) is 0 Å². The summed E-state index contributed by atoms with van der Waals surface area (Å²) in [5.41, 5.74) is 1.61. The SMILES string of the molecule is CN=C(NCC1(c2ccc(Cl)cc2)CC1)N1CCC(OCC2CCCCO2)CC1.I. The number of aliphatic imine (C=N–C) groups is 1. The van der Waals surface area contributed by atoms with Gasteiger partial charge in [-0.05, 0) is 62.6 Å². The van der Waals surface area contributed by atoms with Gasteiger partial charge in [0.05, 0.1) is 18.8 Å². The van der Waals surface area contributed by atoms with Crippen LogP contribution >= 0.6 is 35.6 Å². The Labute approximate surface area is 202 Å². The Morgan fingerprint density at radius 1 is 1.20 bits per heavy atom. The van der Waals surface area contributed by atoms with Gasteiger partial charge < -0.3 is 19.7 Å². The number of rotatable bonds is 6. The van der Waals surface area contributed by atoms with Gasteiger partial charge in [-0.15, -0.1) is 24.0 Å². The molecule has 2 heterocycles. The number of nitrogens with zero attached hydrogens (tertiary/aromatic N) is 2. The van der Waals surface area contributed by atoms with E-state index in [1.54, 1.807) is 0 Å². The Morgan fingerprint density at radius 3 is 2.53 bits per heavy atom. The minimum atomic E-state index is 0. The van der Waals surface area contributed by atoms with Crippen LogP contribution in [0.2, 0.25) is 5.02 Å². The lowest BCUT2D eigenvalue weighted by Crippen LogP contribution is -2.48. The molecule has 168 valence electrons. The number of benzene rings is 1. The molecule has 2 saturated heterocycles. The van der Waals surface area contributed by atoms with Gasteiger partial charge >= 0.3 is 0 Å². The molecular weight excluding hydrogens is 513 g/mol.